The van der Waals surface area contributed by atoms with Gasteiger partial charge in [0.15, 0.2) is 6.61 Å². The molecule has 2 aliphatic rings. The molecular weight excluding hydrogens is 402 g/mol. The number of anilines is 2. The maximum atomic E-state index is 12.4. The normalized spacial score (nSPS) is 21.6. The first-order valence-corrected chi connectivity index (χ1v) is 11.6. The fourth-order valence-corrected chi connectivity index (χ4v) is 5.15. The number of nitrogens with two attached hydrogens (primary N) is 1. The van der Waals surface area contributed by atoms with Crippen LogP contribution in [0.5, 0.6) is 5.75 Å². The number of carbonyl (C=O) groups excluding carboxylic acids is 1. The number of amides is 1. The Morgan fingerprint density at radius 3 is 2.69 bits per heavy atom. The predicted octanol–water partition coefficient (Wildman–Crippen LogP) is 4.09. The third-order valence-corrected chi connectivity index (χ3v) is 6.94. The largest absolute Gasteiger partial charge is 0.482 e. The zero-order valence-electron chi connectivity index (χ0n) is 19.0. The molecular formula is C25H31N5O2. The summed E-state index contributed by atoms with van der Waals surface area (Å²) in [6.45, 7) is 8.10. The molecule has 0 bridgehead atoms. The van der Waals surface area contributed by atoms with Gasteiger partial charge in [0.05, 0.1) is 17.1 Å². The number of benzene rings is 1. The molecule has 1 amide bonds. The first kappa shape index (κ1) is 20.8. The number of imidazole rings is 1. The van der Waals surface area contributed by atoms with Crippen LogP contribution >= 0.6 is 0 Å². The van der Waals surface area contributed by atoms with Crippen molar-refractivity contribution in [3.63, 3.8) is 0 Å². The molecule has 2 unspecified atom stereocenters. The zero-order chi connectivity index (χ0) is 22.4. The second-order valence-corrected chi connectivity index (χ2v) is 9.01. The summed E-state index contributed by atoms with van der Waals surface area (Å²) >= 11 is 0. The number of nitrogen functional groups attached to an aromatic ring is 1. The smallest absolute Gasteiger partial charge is 0.265 e. The van der Waals surface area contributed by atoms with Gasteiger partial charge in [0.25, 0.3) is 5.91 Å². The molecule has 1 aromatic carbocycles. The van der Waals surface area contributed by atoms with E-state index in [2.05, 4.69) is 23.1 Å². The Hall–Kier alpha value is -3.06. The third-order valence-electron chi connectivity index (χ3n) is 6.94. The highest BCUT2D eigenvalue weighted by Crippen LogP contribution is 2.38. The van der Waals surface area contributed by atoms with Gasteiger partial charge in [0.1, 0.15) is 11.4 Å². The van der Waals surface area contributed by atoms with Gasteiger partial charge in [-0.2, -0.15) is 0 Å². The van der Waals surface area contributed by atoms with Crippen LogP contribution in [0.3, 0.4) is 0 Å². The lowest BCUT2D eigenvalue weighted by Gasteiger charge is -2.39. The number of rotatable bonds is 4. The van der Waals surface area contributed by atoms with Crippen LogP contribution in [0.15, 0.2) is 36.5 Å². The first-order chi connectivity index (χ1) is 15.5. The fourth-order valence-electron chi connectivity index (χ4n) is 5.15. The Labute approximate surface area is 188 Å². The van der Waals surface area contributed by atoms with Crippen LogP contribution in [0.25, 0.3) is 16.9 Å². The molecule has 0 spiro atoms. The molecule has 2 atom stereocenters. The van der Waals surface area contributed by atoms with Crippen LogP contribution in [0.4, 0.5) is 11.4 Å². The zero-order valence-corrected chi connectivity index (χ0v) is 19.0. The van der Waals surface area contributed by atoms with E-state index in [0.717, 1.165) is 40.6 Å². The first-order valence-electron chi connectivity index (χ1n) is 11.6. The van der Waals surface area contributed by atoms with Gasteiger partial charge < -0.3 is 19.8 Å². The van der Waals surface area contributed by atoms with Crippen LogP contribution in [-0.2, 0) is 11.3 Å². The van der Waals surface area contributed by atoms with E-state index in [1.54, 1.807) is 4.90 Å². The average Bonchev–Trinajstić information content (AvgIpc) is 3.13. The Morgan fingerprint density at radius 1 is 1.16 bits per heavy atom. The second kappa shape index (κ2) is 8.13. The van der Waals surface area contributed by atoms with Crippen molar-refractivity contribution < 1.29 is 9.53 Å². The molecule has 0 aliphatic carbocycles. The number of aromatic nitrogens is 2. The van der Waals surface area contributed by atoms with Crippen molar-refractivity contribution in [1.29, 1.82) is 0 Å². The summed E-state index contributed by atoms with van der Waals surface area (Å²) in [6, 6.07) is 10.9. The Balaban J connectivity index is 1.64. The van der Waals surface area contributed by atoms with E-state index in [9.17, 15) is 4.79 Å². The van der Waals surface area contributed by atoms with Crippen molar-refractivity contribution in [2.24, 2.45) is 0 Å². The summed E-state index contributed by atoms with van der Waals surface area (Å²) in [5, 5.41) is 0. The molecule has 7 nitrogen and oxygen atoms in total. The predicted molar refractivity (Wildman–Crippen MR) is 127 cm³/mol. The van der Waals surface area contributed by atoms with Gasteiger partial charge in [-0.25, -0.2) is 4.98 Å². The average molecular weight is 434 g/mol. The van der Waals surface area contributed by atoms with Crippen LogP contribution in [0.1, 0.15) is 45.7 Å². The van der Waals surface area contributed by atoms with Crippen LogP contribution < -0.4 is 15.4 Å². The Bertz CT molecular complexity index is 1160. The summed E-state index contributed by atoms with van der Waals surface area (Å²) in [7, 11) is 0. The van der Waals surface area contributed by atoms with Gasteiger partial charge in [-0.3, -0.25) is 9.69 Å². The number of likely N-dealkylation sites (tertiary alicyclic amines) is 1. The van der Waals surface area contributed by atoms with Crippen molar-refractivity contribution in [2.45, 2.75) is 58.7 Å². The second-order valence-electron chi connectivity index (χ2n) is 9.01. The number of pyridine rings is 1. The minimum Gasteiger partial charge on any atom is -0.482 e. The highest BCUT2D eigenvalue weighted by atomic mass is 16.5. The van der Waals surface area contributed by atoms with E-state index >= 15 is 0 Å². The number of nitrogens with zero attached hydrogens (tertiary/aromatic N) is 4. The number of ether oxygens (including phenoxy) is 1. The maximum Gasteiger partial charge on any atom is 0.265 e. The number of hydrogen-bond donors (Lipinski definition) is 1. The highest BCUT2D eigenvalue weighted by molar-refractivity contribution is 5.98. The lowest BCUT2D eigenvalue weighted by Crippen LogP contribution is -2.43. The van der Waals surface area contributed by atoms with E-state index in [1.807, 2.05) is 43.5 Å². The van der Waals surface area contributed by atoms with Crippen molar-refractivity contribution in [3.05, 3.63) is 42.2 Å². The van der Waals surface area contributed by atoms with Crippen molar-refractivity contribution >= 4 is 22.9 Å². The molecule has 2 aromatic heterocycles. The molecule has 168 valence electrons. The number of fused-ring (bicyclic) bond motifs is 2. The minimum absolute atomic E-state index is 0.0175. The number of likely N-dealkylation sites (N-methyl/N-ethyl adjacent to an activating group) is 1. The van der Waals surface area contributed by atoms with Crippen LogP contribution in [0.2, 0.25) is 0 Å². The molecule has 7 heteroatoms. The SMILES string of the molecule is CCN1C(=O)COc2ccc(-c3nc4ccc(N)cn4c3CN3C(C)CCCC3C)cc21. The highest BCUT2D eigenvalue weighted by Gasteiger charge is 2.29. The summed E-state index contributed by atoms with van der Waals surface area (Å²) in [5.41, 5.74) is 11.6. The van der Waals surface area contributed by atoms with E-state index in [0.29, 0.717) is 24.3 Å². The van der Waals surface area contributed by atoms with E-state index in [-0.39, 0.29) is 12.5 Å². The quantitative estimate of drug-likeness (QED) is 0.671. The van der Waals surface area contributed by atoms with Gasteiger partial charge in [0.2, 0.25) is 0 Å². The molecule has 32 heavy (non-hydrogen) atoms. The molecule has 0 saturated carbocycles. The van der Waals surface area contributed by atoms with E-state index in [1.165, 1.54) is 19.3 Å². The molecule has 2 N–H and O–H groups in total. The molecule has 4 heterocycles. The fraction of sp³-hybridized carbons (Fsp3) is 0.440. The maximum absolute atomic E-state index is 12.4. The molecule has 5 rings (SSSR count). The minimum atomic E-state index is -0.0175. The summed E-state index contributed by atoms with van der Waals surface area (Å²) in [5.74, 6) is 0.721. The Kier molecular flexibility index (Phi) is 5.29. The molecule has 3 aromatic rings. The summed E-state index contributed by atoms with van der Waals surface area (Å²) < 4.78 is 7.79. The molecule has 2 aliphatic heterocycles. The monoisotopic (exact) mass is 433 g/mol. The Morgan fingerprint density at radius 2 is 1.94 bits per heavy atom. The van der Waals surface area contributed by atoms with Crippen LogP contribution in [0, 0.1) is 0 Å². The number of piperidine rings is 1. The van der Waals surface area contributed by atoms with E-state index < -0.39 is 0 Å². The third kappa shape index (κ3) is 3.50. The summed E-state index contributed by atoms with van der Waals surface area (Å²) in [6.07, 6.45) is 5.66. The van der Waals surface area contributed by atoms with E-state index in [4.69, 9.17) is 15.5 Å². The molecule has 0 radical (unpaired) electrons. The lowest BCUT2D eigenvalue weighted by atomic mass is 9.97. The van der Waals surface area contributed by atoms with Gasteiger partial charge in [-0.15, -0.1) is 0 Å². The number of hydrogen-bond acceptors (Lipinski definition) is 5. The van der Waals surface area contributed by atoms with Gasteiger partial charge >= 0.3 is 0 Å². The number of carbonyl (C=O) groups is 1. The topological polar surface area (TPSA) is 76.1 Å². The van der Waals surface area contributed by atoms with Crippen molar-refractivity contribution in [2.75, 3.05) is 23.8 Å². The molecule has 1 saturated heterocycles. The molecule has 1 fully saturated rings. The lowest BCUT2D eigenvalue weighted by molar-refractivity contribution is -0.121. The standard InChI is InChI=1S/C25H31N5O2/c1-4-28-20-12-18(8-10-22(20)32-15-24(28)31)25-21(14-29-16(2)6-5-7-17(29)3)30-13-19(26)9-11-23(30)27-25/h8-13,16-17H,4-7,14-15,26H2,1-3H3. The van der Waals surface area contributed by atoms with Gasteiger partial charge in [-0.1, -0.05) is 6.42 Å². The van der Waals surface area contributed by atoms with Crippen LogP contribution in [-0.4, -0.2) is 45.4 Å². The van der Waals surface area contributed by atoms with Gasteiger partial charge in [0, 0.05) is 42.6 Å². The summed E-state index contributed by atoms with van der Waals surface area (Å²) in [4.78, 5) is 21.7. The van der Waals surface area contributed by atoms with Gasteiger partial charge in [-0.05, 0) is 63.9 Å². The van der Waals surface area contributed by atoms with Crippen molar-refractivity contribution in [1.82, 2.24) is 14.3 Å². The van der Waals surface area contributed by atoms with Crippen molar-refractivity contribution in [3.8, 4) is 17.0 Å².